The van der Waals surface area contributed by atoms with Crippen LogP contribution in [0.15, 0.2) is 12.2 Å². The Bertz CT molecular complexity index is 99.1. The number of carbonyl (C=O) groups excluding carboxylic acids is 1. The van der Waals surface area contributed by atoms with Gasteiger partial charge in [0.05, 0.1) is 0 Å². The first-order valence-electron chi connectivity index (χ1n) is 3.05. The van der Waals surface area contributed by atoms with Gasteiger partial charge in [0.15, 0.2) is 12.5 Å². The molecule has 0 saturated heterocycles. The van der Waals surface area contributed by atoms with Crippen molar-refractivity contribution in [1.82, 2.24) is 0 Å². The number of hydrogen-bond acceptors (Lipinski definition) is 1. The van der Waals surface area contributed by atoms with Crippen LogP contribution in [0.2, 0.25) is 0 Å². The number of hydrogen-bond donors (Lipinski definition) is 0. The highest BCUT2D eigenvalue weighted by Crippen LogP contribution is 1.95. The summed E-state index contributed by atoms with van der Waals surface area (Å²) in [6.45, 7) is 1.96. The van der Waals surface area contributed by atoms with E-state index in [1.165, 1.54) is 0 Å². The molecule has 1 atom stereocenters. The first-order chi connectivity index (χ1) is 4.31. The SMILES string of the molecule is CC/C=C/CC(F)C=O. The maximum Gasteiger partial charge on any atom is 0.158 e. The van der Waals surface area contributed by atoms with Crippen LogP contribution in [-0.4, -0.2) is 12.5 Å². The molecule has 0 spiro atoms. The topological polar surface area (TPSA) is 17.1 Å². The van der Waals surface area contributed by atoms with E-state index in [0.717, 1.165) is 6.42 Å². The number of aldehydes is 1. The summed E-state index contributed by atoms with van der Waals surface area (Å²) in [5.74, 6) is 0. The summed E-state index contributed by atoms with van der Waals surface area (Å²) in [7, 11) is 0. The maximum atomic E-state index is 12.0. The van der Waals surface area contributed by atoms with Crippen molar-refractivity contribution in [3.05, 3.63) is 12.2 Å². The molecule has 0 heterocycles. The summed E-state index contributed by atoms with van der Waals surface area (Å²) in [4.78, 5) is 9.69. The van der Waals surface area contributed by atoms with Gasteiger partial charge in [-0.15, -0.1) is 0 Å². The number of rotatable bonds is 4. The first kappa shape index (κ1) is 8.34. The first-order valence-corrected chi connectivity index (χ1v) is 3.05. The Morgan fingerprint density at radius 1 is 1.56 bits per heavy atom. The Labute approximate surface area is 54.6 Å². The van der Waals surface area contributed by atoms with E-state index in [-0.39, 0.29) is 6.42 Å². The zero-order valence-corrected chi connectivity index (χ0v) is 5.51. The van der Waals surface area contributed by atoms with Crippen molar-refractivity contribution in [2.24, 2.45) is 0 Å². The highest BCUT2D eigenvalue weighted by Gasteiger charge is 1.97. The van der Waals surface area contributed by atoms with Gasteiger partial charge in [-0.1, -0.05) is 19.1 Å². The van der Waals surface area contributed by atoms with E-state index in [0.29, 0.717) is 6.29 Å². The molecule has 2 heteroatoms. The lowest BCUT2D eigenvalue weighted by Crippen LogP contribution is -1.97. The second kappa shape index (κ2) is 5.48. The predicted octanol–water partition coefficient (Wildman–Crippen LogP) is 1.88. The van der Waals surface area contributed by atoms with E-state index in [2.05, 4.69) is 0 Å². The van der Waals surface area contributed by atoms with Gasteiger partial charge in [0.2, 0.25) is 0 Å². The average Bonchev–Trinajstić information content (AvgIpc) is 1.89. The van der Waals surface area contributed by atoms with Gasteiger partial charge in [0, 0.05) is 6.42 Å². The second-order valence-corrected chi connectivity index (χ2v) is 1.77. The van der Waals surface area contributed by atoms with Gasteiger partial charge in [-0.2, -0.15) is 0 Å². The summed E-state index contributed by atoms with van der Waals surface area (Å²) in [6.07, 6.45) is 3.64. The number of carbonyl (C=O) groups is 1. The van der Waals surface area contributed by atoms with Crippen LogP contribution in [-0.2, 0) is 4.79 Å². The molecule has 0 aromatic rings. The van der Waals surface area contributed by atoms with E-state index in [4.69, 9.17) is 0 Å². The van der Waals surface area contributed by atoms with Gasteiger partial charge in [-0.3, -0.25) is 0 Å². The minimum atomic E-state index is -1.31. The smallest absolute Gasteiger partial charge is 0.158 e. The Hall–Kier alpha value is -0.660. The molecular weight excluding hydrogens is 119 g/mol. The molecule has 0 aromatic heterocycles. The molecule has 1 nitrogen and oxygen atoms in total. The normalized spacial score (nSPS) is 14.0. The summed E-state index contributed by atoms with van der Waals surface area (Å²) in [5.41, 5.74) is 0. The second-order valence-electron chi connectivity index (χ2n) is 1.77. The number of halogens is 1. The quantitative estimate of drug-likeness (QED) is 0.419. The fourth-order valence-corrected chi connectivity index (χ4v) is 0.448. The third-order valence-electron chi connectivity index (χ3n) is 0.911. The van der Waals surface area contributed by atoms with Crippen LogP contribution in [0.5, 0.6) is 0 Å². The summed E-state index contributed by atoms with van der Waals surface area (Å²) < 4.78 is 12.0. The van der Waals surface area contributed by atoms with Gasteiger partial charge in [0.1, 0.15) is 0 Å². The minimum absolute atomic E-state index is 0.220. The zero-order valence-electron chi connectivity index (χ0n) is 5.51. The molecule has 0 radical (unpaired) electrons. The van der Waals surface area contributed by atoms with Gasteiger partial charge >= 0.3 is 0 Å². The van der Waals surface area contributed by atoms with Crippen molar-refractivity contribution in [3.63, 3.8) is 0 Å². The average molecular weight is 130 g/mol. The molecule has 0 rings (SSSR count). The largest absolute Gasteiger partial charge is 0.300 e. The third kappa shape index (κ3) is 5.21. The Morgan fingerprint density at radius 3 is 2.67 bits per heavy atom. The lowest BCUT2D eigenvalue weighted by atomic mass is 10.2. The fraction of sp³-hybridized carbons (Fsp3) is 0.571. The highest BCUT2D eigenvalue weighted by molar-refractivity contribution is 5.55. The lowest BCUT2D eigenvalue weighted by Gasteiger charge is -1.89. The van der Waals surface area contributed by atoms with Crippen molar-refractivity contribution in [3.8, 4) is 0 Å². The number of alkyl halides is 1. The summed E-state index contributed by atoms with van der Waals surface area (Å²) in [5, 5.41) is 0. The molecule has 0 N–H and O–H groups in total. The molecule has 9 heavy (non-hydrogen) atoms. The molecule has 0 aliphatic rings. The molecule has 0 bridgehead atoms. The molecule has 0 aliphatic carbocycles. The van der Waals surface area contributed by atoms with Crippen LogP contribution in [0.4, 0.5) is 4.39 Å². The monoisotopic (exact) mass is 130 g/mol. The van der Waals surface area contributed by atoms with E-state index in [1.54, 1.807) is 6.08 Å². The molecule has 0 saturated carbocycles. The zero-order chi connectivity index (χ0) is 7.11. The van der Waals surface area contributed by atoms with Crippen molar-refractivity contribution >= 4 is 6.29 Å². The van der Waals surface area contributed by atoms with Gasteiger partial charge in [0.25, 0.3) is 0 Å². The van der Waals surface area contributed by atoms with Crippen LogP contribution in [0, 0.1) is 0 Å². The maximum absolute atomic E-state index is 12.0. The molecule has 1 unspecified atom stereocenters. The van der Waals surface area contributed by atoms with Crippen LogP contribution >= 0.6 is 0 Å². The standard InChI is InChI=1S/C7H11FO/c1-2-3-4-5-7(8)6-9/h3-4,6-7H,2,5H2,1H3/b4-3+. The molecular formula is C7H11FO. The van der Waals surface area contributed by atoms with E-state index < -0.39 is 6.17 Å². The number of allylic oxidation sites excluding steroid dienone is 2. The summed E-state index contributed by atoms with van der Waals surface area (Å²) in [6, 6.07) is 0. The Balaban J connectivity index is 3.25. The van der Waals surface area contributed by atoms with Gasteiger partial charge in [-0.25, -0.2) is 4.39 Å². The fourth-order valence-electron chi connectivity index (χ4n) is 0.448. The third-order valence-corrected chi connectivity index (χ3v) is 0.911. The van der Waals surface area contributed by atoms with E-state index in [1.807, 2.05) is 13.0 Å². The van der Waals surface area contributed by atoms with E-state index in [9.17, 15) is 9.18 Å². The van der Waals surface area contributed by atoms with Gasteiger partial charge < -0.3 is 4.79 Å². The minimum Gasteiger partial charge on any atom is -0.300 e. The highest BCUT2D eigenvalue weighted by atomic mass is 19.1. The van der Waals surface area contributed by atoms with E-state index >= 15 is 0 Å². The van der Waals surface area contributed by atoms with Crippen molar-refractivity contribution in [2.45, 2.75) is 25.9 Å². The Kier molecular flexibility index (Phi) is 5.07. The van der Waals surface area contributed by atoms with Crippen LogP contribution in [0.3, 0.4) is 0 Å². The van der Waals surface area contributed by atoms with Crippen LogP contribution < -0.4 is 0 Å². The van der Waals surface area contributed by atoms with Crippen molar-refractivity contribution < 1.29 is 9.18 Å². The molecule has 0 aromatic carbocycles. The summed E-state index contributed by atoms with van der Waals surface area (Å²) >= 11 is 0. The van der Waals surface area contributed by atoms with Gasteiger partial charge in [-0.05, 0) is 6.42 Å². The lowest BCUT2D eigenvalue weighted by molar-refractivity contribution is -0.111. The van der Waals surface area contributed by atoms with Crippen LogP contribution in [0.25, 0.3) is 0 Å². The molecule has 0 fully saturated rings. The molecule has 52 valence electrons. The van der Waals surface area contributed by atoms with Crippen molar-refractivity contribution in [1.29, 1.82) is 0 Å². The molecule has 0 amide bonds. The molecule has 0 aliphatic heterocycles. The Morgan fingerprint density at radius 2 is 2.22 bits per heavy atom. The predicted molar refractivity (Wildman–Crippen MR) is 35.0 cm³/mol. The van der Waals surface area contributed by atoms with Crippen LogP contribution in [0.1, 0.15) is 19.8 Å². The van der Waals surface area contributed by atoms with Crippen molar-refractivity contribution in [2.75, 3.05) is 0 Å².